The Morgan fingerprint density at radius 3 is 2.78 bits per heavy atom. The summed E-state index contributed by atoms with van der Waals surface area (Å²) in [5, 5.41) is 10.6. The summed E-state index contributed by atoms with van der Waals surface area (Å²) in [5.41, 5.74) is 0.789. The summed E-state index contributed by atoms with van der Waals surface area (Å²) >= 11 is 0. The van der Waals surface area contributed by atoms with Gasteiger partial charge in [0.1, 0.15) is 11.6 Å². The van der Waals surface area contributed by atoms with Crippen molar-refractivity contribution in [2.75, 3.05) is 5.32 Å². The average Bonchev–Trinajstić information content (AvgIpc) is 2.76. The molecule has 4 nitrogen and oxygen atoms in total. The fraction of sp³-hybridized carbons (Fsp3) is 0. The predicted octanol–water partition coefficient (Wildman–Crippen LogP) is 2.75. The third kappa shape index (κ3) is 1.77. The largest absolute Gasteiger partial charge is 0.321 e. The van der Waals surface area contributed by atoms with Crippen LogP contribution in [0.3, 0.4) is 0 Å². The normalized spacial score (nSPS) is 10.8. The zero-order valence-electron chi connectivity index (χ0n) is 9.14. The van der Waals surface area contributed by atoms with Gasteiger partial charge in [-0.1, -0.05) is 6.07 Å². The monoisotopic (exact) mass is 246 g/mol. The van der Waals surface area contributed by atoms with Crippen molar-refractivity contribution in [1.82, 2.24) is 14.6 Å². The molecule has 2 aromatic heterocycles. The molecule has 3 rings (SSSR count). The van der Waals surface area contributed by atoms with Crippen molar-refractivity contribution in [1.29, 1.82) is 0 Å². The third-order valence-electron chi connectivity index (χ3n) is 2.49. The molecule has 0 bridgehead atoms. The van der Waals surface area contributed by atoms with Crippen molar-refractivity contribution in [2.45, 2.75) is 0 Å². The highest BCUT2D eigenvalue weighted by Gasteiger charge is 2.08. The van der Waals surface area contributed by atoms with Gasteiger partial charge in [0, 0.05) is 12.3 Å². The van der Waals surface area contributed by atoms with Crippen LogP contribution in [-0.4, -0.2) is 14.6 Å². The molecule has 0 spiro atoms. The van der Waals surface area contributed by atoms with Crippen LogP contribution in [0.4, 0.5) is 20.4 Å². The molecule has 3 aromatic rings. The predicted molar refractivity (Wildman–Crippen MR) is 62.6 cm³/mol. The lowest BCUT2D eigenvalue weighted by Crippen LogP contribution is -1.99. The number of fused-ring (bicyclic) bond motifs is 1. The van der Waals surface area contributed by atoms with Gasteiger partial charge in [-0.25, -0.2) is 8.78 Å². The average molecular weight is 246 g/mol. The Bertz CT molecular complexity index is 708. The van der Waals surface area contributed by atoms with E-state index in [0.717, 1.165) is 6.07 Å². The maximum Gasteiger partial charge on any atom is 0.233 e. The van der Waals surface area contributed by atoms with Gasteiger partial charge < -0.3 is 5.32 Å². The topological polar surface area (TPSA) is 42.2 Å². The van der Waals surface area contributed by atoms with E-state index in [-0.39, 0.29) is 5.69 Å². The molecule has 0 aliphatic rings. The first-order valence-corrected chi connectivity index (χ1v) is 5.26. The summed E-state index contributed by atoms with van der Waals surface area (Å²) in [7, 11) is 0. The summed E-state index contributed by atoms with van der Waals surface area (Å²) in [6.07, 6.45) is 1.75. The zero-order chi connectivity index (χ0) is 12.5. The van der Waals surface area contributed by atoms with Gasteiger partial charge in [-0.15, -0.1) is 10.2 Å². The second-order valence-corrected chi connectivity index (χ2v) is 3.70. The van der Waals surface area contributed by atoms with Gasteiger partial charge in [0.2, 0.25) is 5.95 Å². The maximum absolute atomic E-state index is 13.5. The Hall–Kier alpha value is -2.50. The molecule has 1 N–H and O–H groups in total. The minimum Gasteiger partial charge on any atom is -0.321 e. The van der Waals surface area contributed by atoms with Gasteiger partial charge in [0.05, 0.1) is 5.69 Å². The van der Waals surface area contributed by atoms with Gasteiger partial charge >= 0.3 is 0 Å². The molecule has 0 fully saturated rings. The molecular weight excluding hydrogens is 238 g/mol. The molecule has 0 saturated carbocycles. The first-order chi connectivity index (χ1) is 8.74. The molecule has 2 heterocycles. The number of halogens is 2. The first-order valence-electron chi connectivity index (χ1n) is 5.26. The second kappa shape index (κ2) is 4.06. The number of pyridine rings is 1. The van der Waals surface area contributed by atoms with Crippen molar-refractivity contribution >= 4 is 17.3 Å². The number of hydrogen-bond acceptors (Lipinski definition) is 3. The summed E-state index contributed by atoms with van der Waals surface area (Å²) < 4.78 is 27.9. The molecule has 0 unspecified atom stereocenters. The van der Waals surface area contributed by atoms with E-state index < -0.39 is 11.6 Å². The smallest absolute Gasteiger partial charge is 0.233 e. The summed E-state index contributed by atoms with van der Waals surface area (Å²) in [4.78, 5) is 0. The highest BCUT2D eigenvalue weighted by atomic mass is 19.1. The van der Waals surface area contributed by atoms with E-state index in [1.54, 1.807) is 16.7 Å². The lowest BCUT2D eigenvalue weighted by atomic mass is 10.3. The summed E-state index contributed by atoms with van der Waals surface area (Å²) in [6.45, 7) is 0. The minimum atomic E-state index is -0.678. The van der Waals surface area contributed by atoms with Crippen LogP contribution in [0.25, 0.3) is 5.65 Å². The number of nitrogens with zero attached hydrogens (tertiary/aromatic N) is 3. The van der Waals surface area contributed by atoms with Crippen LogP contribution in [0.5, 0.6) is 0 Å². The van der Waals surface area contributed by atoms with E-state index >= 15 is 0 Å². The molecule has 0 saturated heterocycles. The van der Waals surface area contributed by atoms with Crippen LogP contribution in [-0.2, 0) is 0 Å². The third-order valence-corrected chi connectivity index (χ3v) is 2.49. The van der Waals surface area contributed by atoms with Crippen molar-refractivity contribution in [2.24, 2.45) is 0 Å². The van der Waals surface area contributed by atoms with E-state index in [9.17, 15) is 8.78 Å². The number of benzene rings is 1. The van der Waals surface area contributed by atoms with E-state index in [2.05, 4.69) is 15.5 Å². The molecule has 90 valence electrons. The molecule has 0 aliphatic heterocycles. The molecule has 0 amide bonds. The molecule has 0 radical (unpaired) electrons. The summed E-state index contributed by atoms with van der Waals surface area (Å²) in [5.74, 6) is -0.928. The van der Waals surface area contributed by atoms with Gasteiger partial charge in [0.15, 0.2) is 5.65 Å². The second-order valence-electron chi connectivity index (χ2n) is 3.70. The van der Waals surface area contributed by atoms with E-state index in [4.69, 9.17) is 0 Å². The quantitative estimate of drug-likeness (QED) is 0.756. The molecule has 18 heavy (non-hydrogen) atoms. The van der Waals surface area contributed by atoms with E-state index in [1.165, 1.54) is 12.1 Å². The molecular formula is C12H8F2N4. The van der Waals surface area contributed by atoms with Gasteiger partial charge in [-0.05, 0) is 24.3 Å². The maximum atomic E-state index is 13.5. The standard InChI is InChI=1S/C12H8F2N4/c13-8-4-5-10(9(14)7-8)15-12-17-16-11-3-1-2-6-18(11)12/h1-7H,(H,15,17). The minimum absolute atomic E-state index is 0.148. The Kier molecular flexibility index (Phi) is 2.40. The van der Waals surface area contributed by atoms with Crippen molar-refractivity contribution in [3.05, 3.63) is 54.2 Å². The van der Waals surface area contributed by atoms with Crippen LogP contribution >= 0.6 is 0 Å². The number of hydrogen-bond donors (Lipinski definition) is 1. The Labute approximate surface area is 101 Å². The van der Waals surface area contributed by atoms with Crippen LogP contribution in [0, 0.1) is 11.6 Å². The molecule has 0 atom stereocenters. The SMILES string of the molecule is Fc1ccc(Nc2nnc3ccccn23)c(F)c1. The number of rotatable bonds is 2. The highest BCUT2D eigenvalue weighted by molar-refractivity contribution is 5.57. The first kappa shape index (κ1) is 10.6. The van der Waals surface area contributed by atoms with Crippen LogP contribution in [0.1, 0.15) is 0 Å². The van der Waals surface area contributed by atoms with E-state index in [0.29, 0.717) is 11.6 Å². The Morgan fingerprint density at radius 2 is 1.94 bits per heavy atom. The molecule has 6 heteroatoms. The lowest BCUT2D eigenvalue weighted by molar-refractivity contribution is 0.586. The van der Waals surface area contributed by atoms with E-state index in [1.807, 2.05) is 12.1 Å². The Balaban J connectivity index is 2.01. The van der Waals surface area contributed by atoms with Crippen LogP contribution in [0.15, 0.2) is 42.6 Å². The van der Waals surface area contributed by atoms with Gasteiger partial charge in [-0.3, -0.25) is 4.40 Å². The Morgan fingerprint density at radius 1 is 1.06 bits per heavy atom. The van der Waals surface area contributed by atoms with Crippen molar-refractivity contribution < 1.29 is 8.78 Å². The highest BCUT2D eigenvalue weighted by Crippen LogP contribution is 2.19. The van der Waals surface area contributed by atoms with Crippen molar-refractivity contribution in [3.63, 3.8) is 0 Å². The zero-order valence-corrected chi connectivity index (χ0v) is 9.14. The van der Waals surface area contributed by atoms with Crippen molar-refractivity contribution in [3.8, 4) is 0 Å². The lowest BCUT2D eigenvalue weighted by Gasteiger charge is -2.05. The van der Waals surface area contributed by atoms with Gasteiger partial charge in [0.25, 0.3) is 0 Å². The molecule has 1 aromatic carbocycles. The van der Waals surface area contributed by atoms with Crippen LogP contribution in [0.2, 0.25) is 0 Å². The fourth-order valence-electron chi connectivity index (χ4n) is 1.64. The number of aromatic nitrogens is 3. The van der Waals surface area contributed by atoms with Gasteiger partial charge in [-0.2, -0.15) is 0 Å². The molecule has 0 aliphatic carbocycles. The number of anilines is 2. The number of nitrogens with one attached hydrogen (secondary N) is 1. The van der Waals surface area contributed by atoms with Crippen LogP contribution < -0.4 is 5.32 Å². The fourth-order valence-corrected chi connectivity index (χ4v) is 1.64. The summed E-state index contributed by atoms with van der Waals surface area (Å²) in [6, 6.07) is 8.71.